The van der Waals surface area contributed by atoms with Crippen molar-refractivity contribution in [2.75, 3.05) is 7.05 Å². The third kappa shape index (κ3) is 6.14. The lowest BCUT2D eigenvalue weighted by Crippen LogP contribution is -2.38. The number of aryl methyl sites for hydroxylation is 1. The van der Waals surface area contributed by atoms with Crippen LogP contribution in [-0.4, -0.2) is 51.6 Å². The molecule has 232 valence electrons. The molecule has 0 bridgehead atoms. The first-order valence-electron chi connectivity index (χ1n) is 16.5. The van der Waals surface area contributed by atoms with Crippen molar-refractivity contribution in [2.45, 2.75) is 128 Å². The highest BCUT2D eigenvalue weighted by Crippen LogP contribution is 2.60. The fourth-order valence-corrected chi connectivity index (χ4v) is 8.78. The van der Waals surface area contributed by atoms with Crippen LogP contribution in [0.1, 0.15) is 109 Å². The van der Waals surface area contributed by atoms with Crippen LogP contribution < -0.4 is 5.32 Å². The highest BCUT2D eigenvalue weighted by Gasteiger charge is 2.56. The van der Waals surface area contributed by atoms with Crippen LogP contribution in [0.15, 0.2) is 41.6 Å². The molecule has 1 aromatic rings. The molecule has 4 N–H and O–H groups in total. The number of nitrogens with zero attached hydrogens (tertiary/aromatic N) is 1. The van der Waals surface area contributed by atoms with Gasteiger partial charge in [0.25, 0.3) is 0 Å². The van der Waals surface area contributed by atoms with Crippen LogP contribution in [0.5, 0.6) is 0 Å². The number of imidazole rings is 1. The average Bonchev–Trinajstić information content (AvgIpc) is 3.49. The summed E-state index contributed by atoms with van der Waals surface area (Å²) < 4.78 is 6.06. The van der Waals surface area contributed by atoms with Crippen LogP contribution in [-0.2, 0) is 16.6 Å². The van der Waals surface area contributed by atoms with Gasteiger partial charge in [-0.15, -0.1) is 0 Å². The van der Waals surface area contributed by atoms with E-state index >= 15 is 0 Å². The Labute approximate surface area is 252 Å². The second-order valence-electron chi connectivity index (χ2n) is 14.0. The lowest BCUT2D eigenvalue weighted by atomic mass is 9.60. The number of H-pyrrole nitrogens is 1. The quantitative estimate of drug-likeness (QED) is 0.247. The number of alkyl carbamates (subject to hydrolysis) is 1. The molecule has 0 saturated heterocycles. The molecule has 0 spiro atoms. The summed E-state index contributed by atoms with van der Waals surface area (Å²) in [5.74, 6) is 2.70. The molecule has 1 aromatic heterocycles. The van der Waals surface area contributed by atoms with E-state index in [1.54, 1.807) is 7.05 Å². The van der Waals surface area contributed by atoms with E-state index in [9.17, 15) is 15.0 Å². The fourth-order valence-electron chi connectivity index (χ4n) is 8.78. The van der Waals surface area contributed by atoms with Gasteiger partial charge < -0.3 is 25.3 Å². The molecule has 0 radical (unpaired) electrons. The maximum Gasteiger partial charge on any atom is 0.407 e. The van der Waals surface area contributed by atoms with Crippen LogP contribution in [0.4, 0.5) is 4.79 Å². The molecule has 42 heavy (non-hydrogen) atoms. The smallest absolute Gasteiger partial charge is 0.407 e. The van der Waals surface area contributed by atoms with Crippen LogP contribution in [0.2, 0.25) is 0 Å². The Balaban J connectivity index is 1.28. The van der Waals surface area contributed by atoms with Crippen molar-refractivity contribution in [2.24, 2.45) is 23.2 Å². The van der Waals surface area contributed by atoms with Gasteiger partial charge in [-0.25, -0.2) is 9.78 Å². The number of aliphatic hydroxyl groups is 2. The zero-order valence-electron chi connectivity index (χ0n) is 26.3. The maximum absolute atomic E-state index is 12.4. The Morgan fingerprint density at radius 1 is 1.26 bits per heavy atom. The number of ether oxygens (including phenoxy) is 1. The molecule has 7 heteroatoms. The van der Waals surface area contributed by atoms with E-state index in [2.05, 4.69) is 49.8 Å². The molecule has 7 nitrogen and oxygen atoms in total. The van der Waals surface area contributed by atoms with Crippen molar-refractivity contribution in [1.29, 1.82) is 0 Å². The molecular formula is C35H53N3O4. The molecule has 4 aliphatic rings. The number of nitrogens with one attached hydrogen (secondary N) is 2. The molecule has 0 aromatic carbocycles. The molecular weight excluding hydrogens is 526 g/mol. The van der Waals surface area contributed by atoms with E-state index in [0.29, 0.717) is 30.6 Å². The van der Waals surface area contributed by atoms with Gasteiger partial charge in [-0.3, -0.25) is 0 Å². The van der Waals surface area contributed by atoms with Gasteiger partial charge in [-0.05, 0) is 105 Å². The van der Waals surface area contributed by atoms with Crippen LogP contribution in [0.3, 0.4) is 0 Å². The summed E-state index contributed by atoms with van der Waals surface area (Å²) in [7, 11) is 1.63. The van der Waals surface area contributed by atoms with Crippen LogP contribution in [0.25, 0.3) is 0 Å². The third-order valence-corrected chi connectivity index (χ3v) is 11.3. The van der Waals surface area contributed by atoms with E-state index in [1.807, 2.05) is 6.20 Å². The van der Waals surface area contributed by atoms with Gasteiger partial charge >= 0.3 is 6.09 Å². The van der Waals surface area contributed by atoms with Gasteiger partial charge in [0.05, 0.1) is 23.3 Å². The number of rotatable bonds is 10. The minimum Gasteiger partial charge on any atom is -0.445 e. The Morgan fingerprint density at radius 3 is 2.76 bits per heavy atom. The highest BCUT2D eigenvalue weighted by atomic mass is 16.6. The highest BCUT2D eigenvalue weighted by molar-refractivity contribution is 5.67. The first-order valence-corrected chi connectivity index (χ1v) is 16.5. The zero-order valence-corrected chi connectivity index (χ0v) is 26.3. The summed E-state index contributed by atoms with van der Waals surface area (Å²) in [5.41, 5.74) is 4.42. The van der Waals surface area contributed by atoms with Crippen molar-refractivity contribution >= 4 is 6.09 Å². The standard InChI is InChI=1S/C35H53N3O4/c1-6-8-26-21-37-32(38-26)35(17-18-35)31(42-33(41)36-5)15-10-22(2)28-13-14-29-24(9-7-16-34(28,29)4)11-12-25-19-27(39)20-30(40)23(25)3/h11-12,21-22,27-31,39-40H,3,6-10,13-20H2,1-2,4-5H3,(H,36,41)(H,37,38)/b24-11+,25-12-/t22-,27-,28-,29+,30+,31+,34-/m1/s1. The van der Waals surface area contributed by atoms with Crippen LogP contribution >= 0.6 is 0 Å². The number of carbonyl (C=O) groups excluding carboxylic acids is 1. The summed E-state index contributed by atoms with van der Waals surface area (Å²) in [6.45, 7) is 11.2. The molecule has 1 heterocycles. The SMILES string of the molecule is C=C1/C(=C\C=C2/CCC[C@]3(C)[C@@H]([C@H](C)CC[C@H](OC(=O)NC)C4(c5nc(CCC)c[nH]5)CC4)CC[C@@H]23)C[C@@H](O)C[C@@H]1O. The Hall–Kier alpha value is -2.38. The molecule has 0 aliphatic heterocycles. The predicted octanol–water partition coefficient (Wildman–Crippen LogP) is 6.68. The number of amides is 1. The molecule has 7 atom stereocenters. The third-order valence-electron chi connectivity index (χ3n) is 11.3. The number of aromatic amines is 1. The van der Waals surface area contributed by atoms with Gasteiger partial charge in [-0.2, -0.15) is 0 Å². The van der Waals surface area contributed by atoms with Crippen LogP contribution in [0, 0.1) is 23.2 Å². The minimum absolute atomic E-state index is 0.187. The molecule has 1 amide bonds. The molecule has 4 saturated carbocycles. The van der Waals surface area contributed by atoms with Crippen molar-refractivity contribution in [3.05, 3.63) is 53.2 Å². The molecule has 0 unspecified atom stereocenters. The fraction of sp³-hybridized carbons (Fsp3) is 0.714. The van der Waals surface area contributed by atoms with E-state index in [1.165, 1.54) is 31.3 Å². The first kappa shape index (κ1) is 31.1. The monoisotopic (exact) mass is 579 g/mol. The van der Waals surface area contributed by atoms with E-state index in [4.69, 9.17) is 9.72 Å². The van der Waals surface area contributed by atoms with Gasteiger partial charge in [-0.1, -0.05) is 51.5 Å². The largest absolute Gasteiger partial charge is 0.445 e. The number of hydrogen-bond acceptors (Lipinski definition) is 5. The second kappa shape index (κ2) is 12.7. The van der Waals surface area contributed by atoms with Crippen molar-refractivity contribution in [3.63, 3.8) is 0 Å². The number of carbonyl (C=O) groups is 1. The van der Waals surface area contributed by atoms with Crippen molar-refractivity contribution in [3.8, 4) is 0 Å². The number of allylic oxidation sites excluding steroid dienone is 3. The summed E-state index contributed by atoms with van der Waals surface area (Å²) in [6, 6.07) is 0. The van der Waals surface area contributed by atoms with Gasteiger partial charge in [0.1, 0.15) is 11.9 Å². The Morgan fingerprint density at radius 2 is 2.05 bits per heavy atom. The molecule has 4 aliphatic carbocycles. The Bertz CT molecular complexity index is 1200. The molecule has 4 fully saturated rings. The first-order chi connectivity index (χ1) is 20.1. The summed E-state index contributed by atoms with van der Waals surface area (Å²) in [5, 5.41) is 23.1. The Kier molecular flexibility index (Phi) is 9.39. The number of hydrogen-bond donors (Lipinski definition) is 4. The summed E-state index contributed by atoms with van der Waals surface area (Å²) >= 11 is 0. The van der Waals surface area contributed by atoms with E-state index in [0.717, 1.165) is 67.6 Å². The number of aromatic nitrogens is 2. The van der Waals surface area contributed by atoms with Gasteiger partial charge in [0.15, 0.2) is 0 Å². The maximum atomic E-state index is 12.4. The lowest BCUT2D eigenvalue weighted by Gasteiger charge is -2.44. The van der Waals surface area contributed by atoms with Gasteiger partial charge in [0.2, 0.25) is 0 Å². The normalized spacial score (nSPS) is 33.8. The van der Waals surface area contributed by atoms with E-state index < -0.39 is 12.2 Å². The minimum atomic E-state index is -0.649. The molecule has 5 rings (SSSR count). The average molecular weight is 580 g/mol. The summed E-state index contributed by atoms with van der Waals surface area (Å²) in [4.78, 5) is 20.8. The lowest BCUT2D eigenvalue weighted by molar-refractivity contribution is 0.0519. The van der Waals surface area contributed by atoms with Crippen molar-refractivity contribution in [1.82, 2.24) is 15.3 Å². The number of fused-ring (bicyclic) bond motifs is 1. The second-order valence-corrected chi connectivity index (χ2v) is 14.0. The number of aliphatic hydroxyl groups excluding tert-OH is 2. The van der Waals surface area contributed by atoms with Crippen molar-refractivity contribution < 1.29 is 19.7 Å². The predicted molar refractivity (Wildman–Crippen MR) is 166 cm³/mol. The van der Waals surface area contributed by atoms with E-state index in [-0.39, 0.29) is 23.0 Å². The summed E-state index contributed by atoms with van der Waals surface area (Å²) in [6.07, 6.45) is 17.6. The topological polar surface area (TPSA) is 107 Å². The zero-order chi connectivity index (χ0) is 30.1. The van der Waals surface area contributed by atoms with Gasteiger partial charge in [0, 0.05) is 19.7 Å².